The second-order valence-electron chi connectivity index (χ2n) is 5.57. The van der Waals surface area contributed by atoms with Crippen LogP contribution in [0.1, 0.15) is 58.6 Å². The van der Waals surface area contributed by atoms with Crippen LogP contribution in [0, 0.1) is 0 Å². The lowest BCUT2D eigenvalue weighted by atomic mass is 9.97. The summed E-state index contributed by atoms with van der Waals surface area (Å²) >= 11 is 0. The Morgan fingerprint density at radius 1 is 1.41 bits per heavy atom. The first-order valence-corrected chi connectivity index (χ1v) is 6.37. The molecule has 0 saturated heterocycles. The normalized spacial score (nSPS) is 13.9. The van der Waals surface area contributed by atoms with Gasteiger partial charge in [0, 0.05) is 18.6 Å². The first-order chi connectivity index (χ1) is 7.90. The van der Waals surface area contributed by atoms with Crippen LogP contribution in [0.25, 0.3) is 0 Å². The molecule has 4 nitrogen and oxygen atoms in total. The van der Waals surface area contributed by atoms with Crippen molar-refractivity contribution in [2.75, 3.05) is 12.3 Å². The molecule has 0 amide bonds. The highest BCUT2D eigenvalue weighted by atomic mass is 16.3. The minimum absolute atomic E-state index is 0.0989. The number of hydrogen-bond acceptors (Lipinski definition) is 3. The summed E-state index contributed by atoms with van der Waals surface area (Å²) in [6.45, 7) is 8.60. The van der Waals surface area contributed by atoms with Crippen molar-refractivity contribution < 1.29 is 5.11 Å². The second-order valence-corrected chi connectivity index (χ2v) is 5.57. The minimum Gasteiger partial charge on any atom is -0.396 e. The van der Waals surface area contributed by atoms with Crippen molar-refractivity contribution in [2.24, 2.45) is 0 Å². The lowest BCUT2D eigenvalue weighted by molar-refractivity contribution is 0.270. The molecule has 0 fully saturated rings. The van der Waals surface area contributed by atoms with E-state index in [9.17, 15) is 0 Å². The van der Waals surface area contributed by atoms with Gasteiger partial charge in [-0.2, -0.15) is 5.10 Å². The maximum absolute atomic E-state index is 9.09. The maximum atomic E-state index is 9.09. The van der Waals surface area contributed by atoms with Gasteiger partial charge in [-0.1, -0.05) is 13.3 Å². The number of aliphatic hydroxyl groups is 1. The third-order valence-electron chi connectivity index (χ3n) is 2.92. The third-order valence-corrected chi connectivity index (χ3v) is 2.92. The van der Waals surface area contributed by atoms with Gasteiger partial charge in [0.2, 0.25) is 0 Å². The molecule has 3 N–H and O–H groups in total. The van der Waals surface area contributed by atoms with Gasteiger partial charge in [-0.3, -0.25) is 0 Å². The topological polar surface area (TPSA) is 64.1 Å². The molecule has 4 heteroatoms. The Kier molecular flexibility index (Phi) is 4.57. The third kappa shape index (κ3) is 3.46. The lowest BCUT2D eigenvalue weighted by Crippen LogP contribution is -2.25. The van der Waals surface area contributed by atoms with Gasteiger partial charge in [-0.15, -0.1) is 0 Å². The zero-order valence-corrected chi connectivity index (χ0v) is 11.4. The van der Waals surface area contributed by atoms with Crippen LogP contribution in [0.15, 0.2) is 6.07 Å². The summed E-state index contributed by atoms with van der Waals surface area (Å²) < 4.78 is 1.86. The highest BCUT2D eigenvalue weighted by Gasteiger charge is 2.21. The van der Waals surface area contributed by atoms with Crippen molar-refractivity contribution in [3.05, 3.63) is 11.8 Å². The van der Waals surface area contributed by atoms with Crippen molar-refractivity contribution in [1.82, 2.24) is 9.78 Å². The number of rotatable bonds is 5. The fourth-order valence-electron chi connectivity index (χ4n) is 2.10. The van der Waals surface area contributed by atoms with E-state index in [4.69, 9.17) is 10.8 Å². The molecule has 17 heavy (non-hydrogen) atoms. The molecule has 0 bridgehead atoms. The summed E-state index contributed by atoms with van der Waals surface area (Å²) in [7, 11) is 0. The largest absolute Gasteiger partial charge is 0.396 e. The quantitative estimate of drug-likeness (QED) is 0.829. The standard InChI is InChI=1S/C13H25N3O/c1-5-6-10(7-8-17)11-9-12(14)16(15-11)13(2,3)4/h9-10,17H,5-8,14H2,1-4H3. The van der Waals surface area contributed by atoms with Gasteiger partial charge in [-0.25, -0.2) is 4.68 Å². The van der Waals surface area contributed by atoms with Gasteiger partial charge in [0.1, 0.15) is 5.82 Å². The fourth-order valence-corrected chi connectivity index (χ4v) is 2.10. The molecule has 1 heterocycles. The first-order valence-electron chi connectivity index (χ1n) is 6.37. The molecule has 0 radical (unpaired) electrons. The molecule has 1 unspecified atom stereocenters. The predicted octanol–water partition coefficient (Wildman–Crippen LogP) is 2.49. The molecule has 1 aromatic heterocycles. The van der Waals surface area contributed by atoms with Crippen molar-refractivity contribution in [3.8, 4) is 0 Å². The molecule has 1 aromatic rings. The van der Waals surface area contributed by atoms with Crippen molar-refractivity contribution in [3.63, 3.8) is 0 Å². The van der Waals surface area contributed by atoms with Gasteiger partial charge in [-0.05, 0) is 33.6 Å². The summed E-state index contributed by atoms with van der Waals surface area (Å²) in [5.74, 6) is 1.02. The van der Waals surface area contributed by atoms with Crippen LogP contribution in [0.4, 0.5) is 5.82 Å². The van der Waals surface area contributed by atoms with E-state index in [2.05, 4.69) is 32.8 Å². The number of anilines is 1. The second kappa shape index (κ2) is 5.54. The van der Waals surface area contributed by atoms with Crippen LogP contribution in [-0.4, -0.2) is 21.5 Å². The summed E-state index contributed by atoms with van der Waals surface area (Å²) in [4.78, 5) is 0. The van der Waals surface area contributed by atoms with Gasteiger partial charge in [0.05, 0.1) is 11.2 Å². The Balaban J connectivity index is 2.97. The van der Waals surface area contributed by atoms with Crippen LogP contribution in [0.3, 0.4) is 0 Å². The van der Waals surface area contributed by atoms with Gasteiger partial charge in [0.15, 0.2) is 0 Å². The Hall–Kier alpha value is -1.03. The van der Waals surface area contributed by atoms with Crippen molar-refractivity contribution >= 4 is 5.82 Å². The average molecular weight is 239 g/mol. The van der Waals surface area contributed by atoms with Crippen LogP contribution in [0.5, 0.6) is 0 Å². The SMILES string of the molecule is CCCC(CCO)c1cc(N)n(C(C)(C)C)n1. The maximum Gasteiger partial charge on any atom is 0.122 e. The van der Waals surface area contributed by atoms with E-state index in [1.165, 1.54) is 0 Å². The molecule has 0 aliphatic rings. The number of nitrogens with zero attached hydrogens (tertiary/aromatic N) is 2. The number of aliphatic hydroxyl groups excluding tert-OH is 1. The highest BCUT2D eigenvalue weighted by Crippen LogP contribution is 2.27. The number of hydrogen-bond donors (Lipinski definition) is 2. The predicted molar refractivity (Wildman–Crippen MR) is 71.0 cm³/mol. The lowest BCUT2D eigenvalue weighted by Gasteiger charge is -2.21. The Morgan fingerprint density at radius 2 is 2.06 bits per heavy atom. The van der Waals surface area contributed by atoms with Crippen LogP contribution >= 0.6 is 0 Å². The van der Waals surface area contributed by atoms with Gasteiger partial charge < -0.3 is 10.8 Å². The van der Waals surface area contributed by atoms with E-state index in [0.29, 0.717) is 11.7 Å². The van der Waals surface area contributed by atoms with E-state index in [0.717, 1.165) is 25.0 Å². The molecule has 0 aromatic carbocycles. The first kappa shape index (κ1) is 14.0. The average Bonchev–Trinajstić information content (AvgIpc) is 2.59. The zero-order valence-electron chi connectivity index (χ0n) is 11.4. The molecule has 0 spiro atoms. The molecular weight excluding hydrogens is 214 g/mol. The number of nitrogens with two attached hydrogens (primary N) is 1. The fraction of sp³-hybridized carbons (Fsp3) is 0.769. The molecule has 0 saturated carbocycles. The van der Waals surface area contributed by atoms with Crippen molar-refractivity contribution in [2.45, 2.75) is 58.4 Å². The summed E-state index contributed by atoms with van der Waals surface area (Å²) in [5.41, 5.74) is 6.90. The smallest absolute Gasteiger partial charge is 0.122 e. The molecule has 98 valence electrons. The van der Waals surface area contributed by atoms with Gasteiger partial charge >= 0.3 is 0 Å². The van der Waals surface area contributed by atoms with E-state index >= 15 is 0 Å². The van der Waals surface area contributed by atoms with Crippen LogP contribution in [0.2, 0.25) is 0 Å². The van der Waals surface area contributed by atoms with E-state index in [1.807, 2.05) is 10.7 Å². The summed E-state index contributed by atoms with van der Waals surface area (Å²) in [6.07, 6.45) is 2.89. The molecule has 0 aliphatic heterocycles. The van der Waals surface area contributed by atoms with E-state index in [1.54, 1.807) is 0 Å². The summed E-state index contributed by atoms with van der Waals surface area (Å²) in [5, 5.41) is 13.7. The Bertz CT molecular complexity index is 346. The number of nitrogen functional groups attached to an aromatic ring is 1. The van der Waals surface area contributed by atoms with E-state index < -0.39 is 0 Å². The van der Waals surface area contributed by atoms with Gasteiger partial charge in [0.25, 0.3) is 0 Å². The van der Waals surface area contributed by atoms with E-state index in [-0.39, 0.29) is 12.1 Å². The van der Waals surface area contributed by atoms with Crippen LogP contribution < -0.4 is 5.73 Å². The monoisotopic (exact) mass is 239 g/mol. The molecule has 0 aliphatic carbocycles. The number of aromatic nitrogens is 2. The summed E-state index contributed by atoms with van der Waals surface area (Å²) in [6, 6.07) is 1.95. The Morgan fingerprint density at radius 3 is 2.47 bits per heavy atom. The molecule has 1 rings (SSSR count). The zero-order chi connectivity index (χ0) is 13.1. The minimum atomic E-state index is -0.0989. The molecular formula is C13H25N3O. The van der Waals surface area contributed by atoms with Crippen molar-refractivity contribution in [1.29, 1.82) is 0 Å². The Labute approximate surface area is 104 Å². The highest BCUT2D eigenvalue weighted by molar-refractivity contribution is 5.33. The molecule has 1 atom stereocenters. The van der Waals surface area contributed by atoms with Crippen LogP contribution in [-0.2, 0) is 5.54 Å².